The number of halogens is 1. The van der Waals surface area contributed by atoms with E-state index in [0.717, 1.165) is 0 Å². The van der Waals surface area contributed by atoms with E-state index >= 15 is 0 Å². The second kappa shape index (κ2) is 6.32. The van der Waals surface area contributed by atoms with Crippen molar-refractivity contribution in [3.05, 3.63) is 53.8 Å². The van der Waals surface area contributed by atoms with E-state index in [1.54, 1.807) is 18.2 Å². The van der Waals surface area contributed by atoms with Crippen LogP contribution in [0, 0.1) is 5.82 Å². The van der Waals surface area contributed by atoms with Gasteiger partial charge in [-0.3, -0.25) is 0 Å². The lowest BCUT2D eigenvalue weighted by atomic mass is 10.2. The molecule has 3 aromatic rings. The number of nitrogen functional groups attached to an aromatic ring is 2. The number of ether oxygens (including phenoxy) is 1. The summed E-state index contributed by atoms with van der Waals surface area (Å²) in [5, 5.41) is 0. The van der Waals surface area contributed by atoms with E-state index in [9.17, 15) is 9.18 Å². The van der Waals surface area contributed by atoms with Gasteiger partial charge in [0.05, 0.1) is 0 Å². The average molecular weight is 329 g/mol. The van der Waals surface area contributed by atoms with Crippen LogP contribution >= 0.6 is 0 Å². The SMILES string of the molecule is Nc1nc(N)nc(COC(=O)c2ccc(-c3ccc(F)cc3)o2)n1. The number of nitrogens with zero attached hydrogens (tertiary/aromatic N) is 3. The first-order chi connectivity index (χ1) is 11.5. The molecule has 0 atom stereocenters. The molecule has 1 aromatic carbocycles. The number of benzene rings is 1. The molecule has 0 aliphatic heterocycles. The molecule has 0 amide bonds. The number of nitrogens with two attached hydrogens (primary N) is 2. The van der Waals surface area contributed by atoms with Crippen molar-refractivity contribution >= 4 is 17.9 Å². The molecule has 8 nitrogen and oxygen atoms in total. The Morgan fingerprint density at radius 3 is 2.38 bits per heavy atom. The summed E-state index contributed by atoms with van der Waals surface area (Å²) in [6.45, 7) is -0.234. The standard InChI is InChI=1S/C15H12FN5O3/c16-9-3-1-8(2-4-9)10-5-6-11(24-10)13(22)23-7-12-19-14(17)21-15(18)20-12/h1-6H,7H2,(H4,17,18,19,20,21). The lowest BCUT2D eigenvalue weighted by molar-refractivity contribution is 0.0426. The molecule has 0 saturated carbocycles. The van der Waals surface area contributed by atoms with Gasteiger partial charge in [-0.25, -0.2) is 9.18 Å². The van der Waals surface area contributed by atoms with Crippen LogP contribution in [-0.4, -0.2) is 20.9 Å². The van der Waals surface area contributed by atoms with Gasteiger partial charge in [-0.15, -0.1) is 0 Å². The lowest BCUT2D eigenvalue weighted by Gasteiger charge is -2.03. The summed E-state index contributed by atoms with van der Waals surface area (Å²) in [5.41, 5.74) is 11.5. The molecule has 9 heteroatoms. The monoisotopic (exact) mass is 329 g/mol. The zero-order chi connectivity index (χ0) is 17.1. The molecule has 0 spiro atoms. The summed E-state index contributed by atoms with van der Waals surface area (Å²) in [7, 11) is 0. The molecular weight excluding hydrogens is 317 g/mol. The van der Waals surface area contributed by atoms with Crippen molar-refractivity contribution in [3.63, 3.8) is 0 Å². The second-order valence-corrected chi connectivity index (χ2v) is 4.71. The molecule has 3 rings (SSSR count). The van der Waals surface area contributed by atoms with Crippen LogP contribution in [0.3, 0.4) is 0 Å². The first-order valence-corrected chi connectivity index (χ1v) is 6.80. The third kappa shape index (κ3) is 3.46. The summed E-state index contributed by atoms with van der Waals surface area (Å²) in [5.74, 6) is -0.671. The molecule has 0 unspecified atom stereocenters. The fourth-order valence-corrected chi connectivity index (χ4v) is 1.94. The number of esters is 1. The molecular formula is C15H12FN5O3. The van der Waals surface area contributed by atoms with Gasteiger partial charge in [0.2, 0.25) is 17.7 Å². The van der Waals surface area contributed by atoms with Crippen LogP contribution in [0.5, 0.6) is 0 Å². The minimum Gasteiger partial charge on any atom is -0.452 e. The van der Waals surface area contributed by atoms with E-state index in [0.29, 0.717) is 11.3 Å². The second-order valence-electron chi connectivity index (χ2n) is 4.71. The van der Waals surface area contributed by atoms with E-state index in [2.05, 4.69) is 15.0 Å². The number of aromatic nitrogens is 3. The first kappa shape index (κ1) is 15.4. The van der Waals surface area contributed by atoms with Crippen molar-refractivity contribution in [2.45, 2.75) is 6.61 Å². The first-order valence-electron chi connectivity index (χ1n) is 6.80. The molecule has 2 heterocycles. The Morgan fingerprint density at radius 2 is 1.71 bits per heavy atom. The van der Waals surface area contributed by atoms with Gasteiger partial charge in [0.1, 0.15) is 11.6 Å². The van der Waals surface area contributed by atoms with Crippen LogP contribution in [0.1, 0.15) is 16.4 Å². The smallest absolute Gasteiger partial charge is 0.374 e. The maximum atomic E-state index is 12.9. The quantitative estimate of drug-likeness (QED) is 0.693. The summed E-state index contributed by atoms with van der Waals surface area (Å²) in [6, 6.07) is 8.72. The molecule has 0 fully saturated rings. The number of hydrogen-bond acceptors (Lipinski definition) is 8. The highest BCUT2D eigenvalue weighted by Gasteiger charge is 2.15. The van der Waals surface area contributed by atoms with Crippen LogP contribution in [0.2, 0.25) is 0 Å². The zero-order valence-electron chi connectivity index (χ0n) is 12.3. The van der Waals surface area contributed by atoms with Crippen LogP contribution in [0.4, 0.5) is 16.3 Å². The Balaban J connectivity index is 1.68. The number of rotatable bonds is 4. The molecule has 0 aliphatic carbocycles. The van der Waals surface area contributed by atoms with Gasteiger partial charge in [0.25, 0.3) is 0 Å². The van der Waals surface area contributed by atoms with Crippen LogP contribution in [0.15, 0.2) is 40.8 Å². The summed E-state index contributed by atoms with van der Waals surface area (Å²) in [4.78, 5) is 23.2. The summed E-state index contributed by atoms with van der Waals surface area (Å²) < 4.78 is 23.4. The summed E-state index contributed by atoms with van der Waals surface area (Å²) >= 11 is 0. The molecule has 4 N–H and O–H groups in total. The Bertz CT molecular complexity index is 859. The highest BCUT2D eigenvalue weighted by Crippen LogP contribution is 2.23. The number of carbonyl (C=O) groups is 1. The number of furan rings is 1. The lowest BCUT2D eigenvalue weighted by Crippen LogP contribution is -2.10. The Hall–Kier alpha value is -3.49. The van der Waals surface area contributed by atoms with Gasteiger partial charge in [0.15, 0.2) is 12.4 Å². The van der Waals surface area contributed by atoms with E-state index < -0.39 is 5.97 Å². The third-order valence-corrected chi connectivity index (χ3v) is 2.98. The number of carbonyl (C=O) groups excluding carboxylic acids is 1. The molecule has 0 aliphatic rings. The fourth-order valence-electron chi connectivity index (χ4n) is 1.94. The van der Waals surface area contributed by atoms with Crippen molar-refractivity contribution in [1.29, 1.82) is 0 Å². The van der Waals surface area contributed by atoms with E-state index in [-0.39, 0.29) is 35.9 Å². The predicted octanol–water partition coefficient (Wildman–Crippen LogP) is 1.79. The van der Waals surface area contributed by atoms with E-state index in [1.807, 2.05) is 0 Å². The van der Waals surface area contributed by atoms with Crippen LogP contribution in [0.25, 0.3) is 11.3 Å². The van der Waals surface area contributed by atoms with Crippen LogP contribution < -0.4 is 11.5 Å². The largest absolute Gasteiger partial charge is 0.452 e. The Labute approximate surface area is 135 Å². The minimum atomic E-state index is -0.707. The molecule has 0 saturated heterocycles. The van der Waals surface area contributed by atoms with E-state index in [4.69, 9.17) is 20.6 Å². The highest BCUT2D eigenvalue weighted by atomic mass is 19.1. The van der Waals surface area contributed by atoms with Crippen molar-refractivity contribution in [1.82, 2.24) is 15.0 Å². The van der Waals surface area contributed by atoms with Gasteiger partial charge in [-0.1, -0.05) is 0 Å². The Kier molecular flexibility index (Phi) is 4.06. The normalized spacial score (nSPS) is 10.5. The summed E-state index contributed by atoms with van der Waals surface area (Å²) in [6.07, 6.45) is 0. The molecule has 122 valence electrons. The Morgan fingerprint density at radius 1 is 1.04 bits per heavy atom. The van der Waals surface area contributed by atoms with E-state index in [1.165, 1.54) is 18.2 Å². The van der Waals surface area contributed by atoms with Gasteiger partial charge in [-0.05, 0) is 36.4 Å². The molecule has 2 aromatic heterocycles. The zero-order valence-corrected chi connectivity index (χ0v) is 12.3. The van der Waals surface area contributed by atoms with Gasteiger partial charge in [-0.2, -0.15) is 15.0 Å². The maximum Gasteiger partial charge on any atom is 0.374 e. The highest BCUT2D eigenvalue weighted by molar-refractivity contribution is 5.87. The van der Waals surface area contributed by atoms with Gasteiger partial charge >= 0.3 is 5.97 Å². The van der Waals surface area contributed by atoms with Crippen molar-refractivity contribution in [3.8, 4) is 11.3 Å². The topological polar surface area (TPSA) is 130 Å². The maximum absolute atomic E-state index is 12.9. The van der Waals surface area contributed by atoms with Gasteiger partial charge < -0.3 is 20.6 Å². The van der Waals surface area contributed by atoms with Crippen molar-refractivity contribution < 1.29 is 18.3 Å². The molecule has 24 heavy (non-hydrogen) atoms. The predicted molar refractivity (Wildman–Crippen MR) is 81.9 cm³/mol. The molecule has 0 bridgehead atoms. The van der Waals surface area contributed by atoms with Crippen LogP contribution in [-0.2, 0) is 11.3 Å². The fraction of sp³-hybridized carbons (Fsp3) is 0.0667. The number of hydrogen-bond donors (Lipinski definition) is 2. The van der Waals surface area contributed by atoms with Crippen molar-refractivity contribution in [2.24, 2.45) is 0 Å². The number of anilines is 2. The minimum absolute atomic E-state index is 0.00988. The van der Waals surface area contributed by atoms with Gasteiger partial charge in [0, 0.05) is 5.56 Å². The third-order valence-electron chi connectivity index (χ3n) is 2.98. The van der Waals surface area contributed by atoms with Crippen molar-refractivity contribution in [2.75, 3.05) is 11.5 Å². The molecule has 0 radical (unpaired) electrons. The average Bonchev–Trinajstić information content (AvgIpc) is 3.02.